The smallest absolute Gasteiger partial charge is 0.200 e. The van der Waals surface area contributed by atoms with Crippen LogP contribution in [0.1, 0.15) is 12.5 Å². The molecule has 0 aliphatic carbocycles. The van der Waals surface area contributed by atoms with Crippen molar-refractivity contribution in [2.24, 2.45) is 0 Å². The van der Waals surface area contributed by atoms with Crippen LogP contribution in [0.15, 0.2) is 12.1 Å². The van der Waals surface area contributed by atoms with Gasteiger partial charge in [-0.25, -0.2) is 0 Å². The van der Waals surface area contributed by atoms with E-state index in [1.165, 1.54) is 13.2 Å². The zero-order valence-corrected chi connectivity index (χ0v) is 8.19. The maximum Gasteiger partial charge on any atom is 0.200 e. The second-order valence-electron chi connectivity index (χ2n) is 3.22. The highest BCUT2D eigenvalue weighted by molar-refractivity contribution is 5.51. The lowest BCUT2D eigenvalue weighted by molar-refractivity contribution is 0.195. The fourth-order valence-corrected chi connectivity index (χ4v) is 1.26. The van der Waals surface area contributed by atoms with E-state index >= 15 is 0 Å². The van der Waals surface area contributed by atoms with E-state index in [2.05, 4.69) is 0 Å². The fourth-order valence-electron chi connectivity index (χ4n) is 1.26. The maximum absolute atomic E-state index is 9.32. The van der Waals surface area contributed by atoms with Crippen molar-refractivity contribution in [2.45, 2.75) is 19.4 Å². The summed E-state index contributed by atoms with van der Waals surface area (Å²) < 4.78 is 4.86. The van der Waals surface area contributed by atoms with Gasteiger partial charge in [-0.05, 0) is 31.0 Å². The largest absolute Gasteiger partial charge is 0.504 e. The quantitative estimate of drug-likeness (QED) is 0.634. The molecule has 0 saturated carbocycles. The van der Waals surface area contributed by atoms with Crippen LogP contribution >= 0.6 is 0 Å². The molecule has 0 heterocycles. The molecule has 0 aliphatic rings. The molecule has 0 unspecified atom stereocenters. The van der Waals surface area contributed by atoms with Crippen molar-refractivity contribution in [1.29, 1.82) is 0 Å². The van der Waals surface area contributed by atoms with E-state index in [4.69, 9.17) is 9.84 Å². The number of methoxy groups -OCH3 is 1. The molecule has 78 valence electrons. The van der Waals surface area contributed by atoms with Crippen LogP contribution in [-0.4, -0.2) is 28.5 Å². The van der Waals surface area contributed by atoms with Crippen molar-refractivity contribution in [1.82, 2.24) is 0 Å². The van der Waals surface area contributed by atoms with Crippen LogP contribution in [0.25, 0.3) is 0 Å². The van der Waals surface area contributed by atoms with Crippen LogP contribution in [0.3, 0.4) is 0 Å². The van der Waals surface area contributed by atoms with Crippen LogP contribution in [-0.2, 0) is 6.42 Å². The normalized spacial score (nSPS) is 12.5. The molecule has 14 heavy (non-hydrogen) atoms. The number of aliphatic hydroxyl groups excluding tert-OH is 1. The lowest BCUT2D eigenvalue weighted by atomic mass is 10.1. The van der Waals surface area contributed by atoms with Gasteiger partial charge in [-0.3, -0.25) is 0 Å². The lowest BCUT2D eigenvalue weighted by Crippen LogP contribution is -2.04. The van der Waals surface area contributed by atoms with E-state index in [0.29, 0.717) is 12.0 Å². The highest BCUT2D eigenvalue weighted by atomic mass is 16.5. The number of aromatic hydroxyl groups is 2. The van der Waals surface area contributed by atoms with Crippen molar-refractivity contribution < 1.29 is 20.1 Å². The molecule has 0 bridgehead atoms. The van der Waals surface area contributed by atoms with E-state index in [1.54, 1.807) is 13.0 Å². The van der Waals surface area contributed by atoms with Gasteiger partial charge in [0.05, 0.1) is 13.2 Å². The zero-order valence-electron chi connectivity index (χ0n) is 8.19. The number of ether oxygens (including phenoxy) is 1. The van der Waals surface area contributed by atoms with Crippen molar-refractivity contribution in [3.8, 4) is 17.2 Å². The number of rotatable bonds is 3. The Kier molecular flexibility index (Phi) is 3.19. The predicted molar refractivity (Wildman–Crippen MR) is 51.7 cm³/mol. The van der Waals surface area contributed by atoms with Crippen molar-refractivity contribution >= 4 is 0 Å². The Morgan fingerprint density at radius 3 is 2.50 bits per heavy atom. The van der Waals surface area contributed by atoms with E-state index in [0.717, 1.165) is 0 Å². The Bertz CT molecular complexity index is 320. The third kappa shape index (κ3) is 2.29. The van der Waals surface area contributed by atoms with Gasteiger partial charge in [0.15, 0.2) is 11.5 Å². The van der Waals surface area contributed by atoms with Crippen molar-refractivity contribution in [2.75, 3.05) is 7.11 Å². The first kappa shape index (κ1) is 10.7. The second-order valence-corrected chi connectivity index (χ2v) is 3.22. The standard InChI is InChI=1S/C10H14O4/c1-6(11)3-7-4-8(12)10(13)9(5-7)14-2/h4-6,11-13H,3H2,1-2H3/t6-/m0/s1. The summed E-state index contributed by atoms with van der Waals surface area (Å²) in [7, 11) is 1.40. The first-order valence-electron chi connectivity index (χ1n) is 4.31. The Morgan fingerprint density at radius 1 is 1.36 bits per heavy atom. The first-order chi connectivity index (χ1) is 6.54. The molecule has 0 spiro atoms. The summed E-state index contributed by atoms with van der Waals surface area (Å²) in [5, 5.41) is 27.8. The van der Waals surface area contributed by atoms with Gasteiger partial charge in [0, 0.05) is 0 Å². The molecular formula is C10H14O4. The average molecular weight is 198 g/mol. The predicted octanol–water partition coefficient (Wildman–Crippen LogP) is 1.03. The van der Waals surface area contributed by atoms with E-state index in [9.17, 15) is 10.2 Å². The van der Waals surface area contributed by atoms with Crippen LogP contribution < -0.4 is 4.74 Å². The summed E-state index contributed by atoms with van der Waals surface area (Å²) >= 11 is 0. The molecule has 4 heteroatoms. The van der Waals surface area contributed by atoms with Gasteiger partial charge in [-0.1, -0.05) is 0 Å². The van der Waals surface area contributed by atoms with Crippen LogP contribution in [0, 0.1) is 0 Å². The molecule has 1 rings (SSSR count). The number of phenolic OH excluding ortho intramolecular Hbond substituents is 2. The fraction of sp³-hybridized carbons (Fsp3) is 0.400. The molecule has 0 amide bonds. The van der Waals surface area contributed by atoms with Crippen LogP contribution in [0.2, 0.25) is 0 Å². The highest BCUT2D eigenvalue weighted by Gasteiger charge is 2.10. The Balaban J connectivity index is 3.03. The van der Waals surface area contributed by atoms with E-state index in [1.807, 2.05) is 0 Å². The van der Waals surface area contributed by atoms with Crippen molar-refractivity contribution in [3.05, 3.63) is 17.7 Å². The third-order valence-corrected chi connectivity index (χ3v) is 1.87. The van der Waals surface area contributed by atoms with Crippen LogP contribution in [0.5, 0.6) is 17.2 Å². The SMILES string of the molecule is COc1cc(C[C@H](C)O)cc(O)c1O. The molecule has 0 saturated heterocycles. The molecule has 3 N–H and O–H groups in total. The minimum absolute atomic E-state index is 0.209. The van der Waals surface area contributed by atoms with Gasteiger partial charge in [0.25, 0.3) is 0 Å². The average Bonchev–Trinajstić information content (AvgIpc) is 2.10. The van der Waals surface area contributed by atoms with Crippen LogP contribution in [0.4, 0.5) is 0 Å². The van der Waals surface area contributed by atoms with Gasteiger partial charge in [0.2, 0.25) is 5.75 Å². The molecule has 1 aromatic carbocycles. The first-order valence-corrected chi connectivity index (χ1v) is 4.31. The van der Waals surface area contributed by atoms with E-state index < -0.39 is 6.10 Å². The molecule has 1 aromatic rings. The molecule has 1 atom stereocenters. The Morgan fingerprint density at radius 2 is 2.00 bits per heavy atom. The topological polar surface area (TPSA) is 69.9 Å². The van der Waals surface area contributed by atoms with Gasteiger partial charge in [0.1, 0.15) is 0 Å². The Hall–Kier alpha value is -1.42. The van der Waals surface area contributed by atoms with E-state index in [-0.39, 0.29) is 17.2 Å². The van der Waals surface area contributed by atoms with Gasteiger partial charge < -0.3 is 20.1 Å². The summed E-state index contributed by atoms with van der Waals surface area (Å²) in [4.78, 5) is 0. The minimum atomic E-state index is -0.497. The van der Waals surface area contributed by atoms with Crippen molar-refractivity contribution in [3.63, 3.8) is 0 Å². The number of hydrogen-bond acceptors (Lipinski definition) is 4. The summed E-state index contributed by atoms with van der Waals surface area (Å²) in [5.41, 5.74) is 0.715. The van der Waals surface area contributed by atoms with Gasteiger partial charge in [-0.15, -0.1) is 0 Å². The lowest BCUT2D eigenvalue weighted by Gasteiger charge is -2.09. The van der Waals surface area contributed by atoms with Gasteiger partial charge in [-0.2, -0.15) is 0 Å². The maximum atomic E-state index is 9.32. The third-order valence-electron chi connectivity index (χ3n) is 1.87. The Labute approximate surface area is 82.4 Å². The summed E-state index contributed by atoms with van der Waals surface area (Å²) in [6.07, 6.45) is -0.0897. The molecule has 0 fully saturated rings. The molecule has 0 radical (unpaired) electrons. The zero-order chi connectivity index (χ0) is 10.7. The number of aliphatic hydroxyl groups is 1. The number of benzene rings is 1. The molecule has 4 nitrogen and oxygen atoms in total. The monoisotopic (exact) mass is 198 g/mol. The molecule has 0 aromatic heterocycles. The highest BCUT2D eigenvalue weighted by Crippen LogP contribution is 2.36. The minimum Gasteiger partial charge on any atom is -0.504 e. The number of hydrogen-bond donors (Lipinski definition) is 3. The summed E-state index contributed by atoms with van der Waals surface area (Å²) in [6, 6.07) is 2.99. The summed E-state index contributed by atoms with van der Waals surface area (Å²) in [6.45, 7) is 1.65. The summed E-state index contributed by atoms with van der Waals surface area (Å²) in [5.74, 6) is -0.303. The second kappa shape index (κ2) is 4.19. The number of phenols is 2. The molecule has 0 aliphatic heterocycles. The molecular weight excluding hydrogens is 184 g/mol. The van der Waals surface area contributed by atoms with Gasteiger partial charge >= 0.3 is 0 Å².